The molecule has 9 nitrogen and oxygen atoms in total. The highest BCUT2D eigenvalue weighted by Gasteiger charge is 2.25. The highest BCUT2D eigenvalue weighted by atomic mass is 32.2. The van der Waals surface area contributed by atoms with Crippen LogP contribution in [0.1, 0.15) is 20.7 Å². The Morgan fingerprint density at radius 1 is 1.00 bits per heavy atom. The Kier molecular flexibility index (Phi) is 5.09. The average molecular weight is 403 g/mol. The van der Waals surface area contributed by atoms with Crippen LogP contribution in [0.4, 0.5) is 15.8 Å². The van der Waals surface area contributed by atoms with E-state index in [1.807, 2.05) is 0 Å². The number of nitrogens with zero attached hydrogens (tertiary/aromatic N) is 1. The second kappa shape index (κ2) is 7.48. The minimum Gasteiger partial charge on any atom is -0.366 e. The van der Waals surface area contributed by atoms with Gasteiger partial charge in [0.1, 0.15) is 5.82 Å². The fraction of sp³-hybridized carbons (Fsp3) is 0. The number of hydrogen-bond acceptors (Lipinski definition) is 5. The molecule has 11 heteroatoms. The number of nitrogens with one attached hydrogen (secondary N) is 3. The van der Waals surface area contributed by atoms with E-state index in [9.17, 15) is 22.4 Å². The van der Waals surface area contributed by atoms with Crippen LogP contribution in [0.5, 0.6) is 0 Å². The van der Waals surface area contributed by atoms with Gasteiger partial charge >= 0.3 is 0 Å². The molecule has 1 aromatic heterocycles. The molecule has 0 aliphatic carbocycles. The Bertz CT molecular complexity index is 1130. The number of carbonyl (C=O) groups excluding carboxylic acids is 2. The molecule has 3 aromatic rings. The lowest BCUT2D eigenvalue weighted by Gasteiger charge is -2.09. The molecule has 0 spiro atoms. The van der Waals surface area contributed by atoms with Gasteiger partial charge in [0.15, 0.2) is 5.03 Å². The summed E-state index contributed by atoms with van der Waals surface area (Å²) in [6, 6.07) is 10.4. The third-order valence-electron chi connectivity index (χ3n) is 3.64. The van der Waals surface area contributed by atoms with Crippen molar-refractivity contribution in [1.82, 2.24) is 10.2 Å². The number of nitrogens with two attached hydrogens (primary N) is 1. The Morgan fingerprint density at radius 2 is 1.61 bits per heavy atom. The van der Waals surface area contributed by atoms with E-state index in [2.05, 4.69) is 20.2 Å². The van der Waals surface area contributed by atoms with Crippen molar-refractivity contribution < 1.29 is 22.4 Å². The molecule has 0 unspecified atom stereocenters. The van der Waals surface area contributed by atoms with Gasteiger partial charge in [0.25, 0.3) is 15.9 Å². The van der Waals surface area contributed by atoms with Crippen LogP contribution < -0.4 is 15.8 Å². The fourth-order valence-corrected chi connectivity index (χ4v) is 3.44. The summed E-state index contributed by atoms with van der Waals surface area (Å²) in [5.41, 5.74) is 5.62. The van der Waals surface area contributed by atoms with Crippen LogP contribution in [0.25, 0.3) is 0 Å². The lowest BCUT2D eigenvalue weighted by atomic mass is 10.2. The summed E-state index contributed by atoms with van der Waals surface area (Å²) >= 11 is 0. The maximum atomic E-state index is 13.0. The first kappa shape index (κ1) is 19.0. The summed E-state index contributed by atoms with van der Waals surface area (Å²) in [6.07, 6.45) is 1.06. The van der Waals surface area contributed by atoms with Crippen molar-refractivity contribution in [2.45, 2.75) is 5.03 Å². The molecule has 0 aliphatic heterocycles. The SMILES string of the molecule is NC(=O)c1ccc(NC(=O)c2cn[nH]c2S(=O)(=O)Nc2ccc(F)cc2)cc1. The molecular formula is C17H14FN5O4S. The number of rotatable bonds is 6. The van der Waals surface area contributed by atoms with E-state index in [0.717, 1.165) is 18.3 Å². The predicted octanol–water partition coefficient (Wildman–Crippen LogP) is 1.70. The van der Waals surface area contributed by atoms with Crippen molar-refractivity contribution in [3.63, 3.8) is 0 Å². The molecule has 2 amide bonds. The molecule has 144 valence electrons. The first-order chi connectivity index (χ1) is 13.3. The van der Waals surface area contributed by atoms with E-state index in [1.165, 1.54) is 36.4 Å². The number of anilines is 2. The molecule has 1 heterocycles. The Morgan fingerprint density at radius 3 is 2.21 bits per heavy atom. The number of H-pyrrole nitrogens is 1. The number of benzene rings is 2. The van der Waals surface area contributed by atoms with Crippen molar-refractivity contribution in [1.29, 1.82) is 0 Å². The van der Waals surface area contributed by atoms with Gasteiger partial charge in [0, 0.05) is 16.9 Å². The topological polar surface area (TPSA) is 147 Å². The summed E-state index contributed by atoms with van der Waals surface area (Å²) in [5.74, 6) is -1.88. The second-order valence-corrected chi connectivity index (χ2v) is 7.24. The highest BCUT2D eigenvalue weighted by molar-refractivity contribution is 7.92. The summed E-state index contributed by atoms with van der Waals surface area (Å²) in [4.78, 5) is 23.5. The largest absolute Gasteiger partial charge is 0.366 e. The van der Waals surface area contributed by atoms with Crippen LogP contribution >= 0.6 is 0 Å². The third kappa shape index (κ3) is 4.15. The van der Waals surface area contributed by atoms with Gasteiger partial charge in [0.05, 0.1) is 11.8 Å². The maximum absolute atomic E-state index is 13.0. The van der Waals surface area contributed by atoms with Crippen molar-refractivity contribution in [3.8, 4) is 0 Å². The number of carbonyl (C=O) groups is 2. The molecule has 0 saturated carbocycles. The van der Waals surface area contributed by atoms with Gasteiger partial charge in [-0.2, -0.15) is 13.5 Å². The zero-order chi connectivity index (χ0) is 20.3. The normalized spacial score (nSPS) is 11.0. The number of aromatic amines is 1. The van der Waals surface area contributed by atoms with Crippen LogP contribution in [0.2, 0.25) is 0 Å². The first-order valence-corrected chi connectivity index (χ1v) is 9.27. The summed E-state index contributed by atoms with van der Waals surface area (Å²) in [6.45, 7) is 0. The van der Waals surface area contributed by atoms with Crippen LogP contribution in [0, 0.1) is 5.82 Å². The smallest absolute Gasteiger partial charge is 0.279 e. The molecule has 5 N–H and O–H groups in total. The number of hydrogen-bond donors (Lipinski definition) is 4. The minimum atomic E-state index is -4.18. The molecular weight excluding hydrogens is 389 g/mol. The second-order valence-electron chi connectivity index (χ2n) is 5.62. The fourth-order valence-electron chi connectivity index (χ4n) is 2.28. The van der Waals surface area contributed by atoms with Crippen LogP contribution in [-0.2, 0) is 10.0 Å². The van der Waals surface area contributed by atoms with Crippen molar-refractivity contribution >= 4 is 33.2 Å². The minimum absolute atomic E-state index is 0.115. The lowest BCUT2D eigenvalue weighted by Crippen LogP contribution is -2.20. The Hall–Kier alpha value is -3.73. The molecule has 2 aromatic carbocycles. The van der Waals surface area contributed by atoms with E-state index in [0.29, 0.717) is 5.69 Å². The van der Waals surface area contributed by atoms with E-state index in [-0.39, 0.29) is 16.8 Å². The maximum Gasteiger partial charge on any atom is 0.279 e. The number of amides is 2. The highest BCUT2D eigenvalue weighted by Crippen LogP contribution is 2.19. The van der Waals surface area contributed by atoms with Gasteiger partial charge in [0.2, 0.25) is 5.91 Å². The predicted molar refractivity (Wildman–Crippen MR) is 98.7 cm³/mol. The molecule has 3 rings (SSSR count). The van der Waals surface area contributed by atoms with Gasteiger partial charge < -0.3 is 11.1 Å². The van der Waals surface area contributed by atoms with Crippen molar-refractivity contribution in [2.75, 3.05) is 10.0 Å². The van der Waals surface area contributed by atoms with Crippen molar-refractivity contribution in [2.24, 2.45) is 5.73 Å². The monoisotopic (exact) mass is 403 g/mol. The van der Waals surface area contributed by atoms with E-state index >= 15 is 0 Å². The molecule has 0 aliphatic rings. The van der Waals surface area contributed by atoms with E-state index in [1.54, 1.807) is 0 Å². The molecule has 0 atom stereocenters. The molecule has 0 bridgehead atoms. The summed E-state index contributed by atoms with van der Waals surface area (Å²) < 4.78 is 40.3. The van der Waals surface area contributed by atoms with Crippen LogP contribution in [-0.4, -0.2) is 30.4 Å². The van der Waals surface area contributed by atoms with Crippen molar-refractivity contribution in [3.05, 3.63) is 71.7 Å². The molecule has 0 saturated heterocycles. The zero-order valence-corrected chi connectivity index (χ0v) is 15.0. The summed E-state index contributed by atoms with van der Waals surface area (Å²) in [7, 11) is -4.18. The third-order valence-corrected chi connectivity index (χ3v) is 4.99. The van der Waals surface area contributed by atoms with Crippen LogP contribution in [0.3, 0.4) is 0 Å². The number of sulfonamides is 1. The van der Waals surface area contributed by atoms with E-state index < -0.39 is 32.7 Å². The van der Waals surface area contributed by atoms with E-state index in [4.69, 9.17) is 5.73 Å². The lowest BCUT2D eigenvalue weighted by molar-refractivity contribution is 0.0998. The number of aromatic nitrogens is 2. The van der Waals surface area contributed by atoms with Gasteiger partial charge in [-0.05, 0) is 48.5 Å². The average Bonchev–Trinajstić information content (AvgIpc) is 3.15. The molecule has 0 radical (unpaired) electrons. The standard InChI is InChI=1S/C17H14FN5O4S/c18-11-3-7-13(8-4-11)23-28(26,27)17-14(9-20-22-17)16(25)21-12-5-1-10(2-6-12)15(19)24/h1-9,23H,(H2,19,24)(H,20,22)(H,21,25). The zero-order valence-electron chi connectivity index (χ0n) is 14.1. The molecule has 0 fully saturated rings. The molecule has 28 heavy (non-hydrogen) atoms. The van der Waals surface area contributed by atoms with Gasteiger partial charge in [-0.3, -0.25) is 19.4 Å². The summed E-state index contributed by atoms with van der Waals surface area (Å²) in [5, 5.41) is 7.94. The van der Waals surface area contributed by atoms with Gasteiger partial charge in [-0.15, -0.1) is 0 Å². The Labute approximate surface area is 158 Å². The first-order valence-electron chi connectivity index (χ1n) is 7.79. The quantitative estimate of drug-likeness (QED) is 0.495. The van der Waals surface area contributed by atoms with Gasteiger partial charge in [-0.1, -0.05) is 0 Å². The Balaban J connectivity index is 1.80. The number of halogens is 1. The number of primary amides is 1. The van der Waals surface area contributed by atoms with Crippen LogP contribution in [0.15, 0.2) is 59.8 Å². The van der Waals surface area contributed by atoms with Gasteiger partial charge in [-0.25, -0.2) is 4.39 Å².